The van der Waals surface area contributed by atoms with Gasteiger partial charge in [-0.2, -0.15) is 0 Å². The Hall–Kier alpha value is -1.75. The summed E-state index contributed by atoms with van der Waals surface area (Å²) in [5, 5.41) is 5.83. The van der Waals surface area contributed by atoms with Gasteiger partial charge in [-0.15, -0.1) is 0 Å². The van der Waals surface area contributed by atoms with E-state index in [1.165, 1.54) is 0 Å². The lowest BCUT2D eigenvalue weighted by molar-refractivity contribution is 0.0256. The monoisotopic (exact) mass is 264 g/mol. The molecule has 5 heteroatoms. The fourth-order valence-electron chi connectivity index (χ4n) is 2.26. The smallest absolute Gasteiger partial charge is 0.412 e. The first-order valence-electron chi connectivity index (χ1n) is 6.48. The van der Waals surface area contributed by atoms with Crippen LogP contribution in [0.2, 0.25) is 0 Å². The summed E-state index contributed by atoms with van der Waals surface area (Å²) < 4.78 is 10.5. The number of rotatable bonds is 5. The van der Waals surface area contributed by atoms with E-state index in [2.05, 4.69) is 10.6 Å². The van der Waals surface area contributed by atoms with Crippen LogP contribution in [-0.2, 0) is 4.74 Å². The van der Waals surface area contributed by atoms with Crippen LogP contribution in [-0.4, -0.2) is 32.9 Å². The van der Waals surface area contributed by atoms with Crippen LogP contribution in [0.5, 0.6) is 5.75 Å². The van der Waals surface area contributed by atoms with Crippen molar-refractivity contribution < 1.29 is 14.3 Å². The zero-order valence-electron chi connectivity index (χ0n) is 11.3. The summed E-state index contributed by atoms with van der Waals surface area (Å²) >= 11 is 0. The minimum atomic E-state index is -0.419. The molecule has 0 aromatic heterocycles. The average molecular weight is 264 g/mol. The van der Waals surface area contributed by atoms with E-state index < -0.39 is 6.09 Å². The number of para-hydroxylation sites is 2. The summed E-state index contributed by atoms with van der Waals surface area (Å²) in [5.41, 5.74) is 0.626. The number of hydrogen-bond acceptors (Lipinski definition) is 4. The van der Waals surface area contributed by atoms with Crippen LogP contribution in [0.25, 0.3) is 0 Å². The second kappa shape index (κ2) is 6.43. The molecule has 2 rings (SSSR count). The maximum atomic E-state index is 11.7. The Kier molecular flexibility index (Phi) is 4.63. The molecule has 0 heterocycles. The van der Waals surface area contributed by atoms with Gasteiger partial charge in [0.05, 0.1) is 12.8 Å². The van der Waals surface area contributed by atoms with Crippen molar-refractivity contribution in [2.24, 2.45) is 5.92 Å². The van der Waals surface area contributed by atoms with Crippen LogP contribution < -0.4 is 15.4 Å². The maximum absolute atomic E-state index is 11.7. The molecule has 0 radical (unpaired) electrons. The Labute approximate surface area is 113 Å². The number of carbonyl (C=O) groups is 1. The maximum Gasteiger partial charge on any atom is 0.412 e. The molecule has 1 fully saturated rings. The summed E-state index contributed by atoms with van der Waals surface area (Å²) in [5.74, 6) is 1.25. The number of benzene rings is 1. The van der Waals surface area contributed by atoms with E-state index in [0.717, 1.165) is 19.4 Å². The number of anilines is 1. The largest absolute Gasteiger partial charge is 0.495 e. The lowest BCUT2D eigenvalue weighted by Gasteiger charge is -2.34. The minimum absolute atomic E-state index is 0.0352. The van der Waals surface area contributed by atoms with E-state index >= 15 is 0 Å². The van der Waals surface area contributed by atoms with E-state index in [-0.39, 0.29) is 6.10 Å². The summed E-state index contributed by atoms with van der Waals surface area (Å²) in [6.07, 6.45) is 1.48. The van der Waals surface area contributed by atoms with Crippen LogP contribution in [0.1, 0.15) is 12.8 Å². The van der Waals surface area contributed by atoms with Gasteiger partial charge < -0.3 is 14.8 Å². The van der Waals surface area contributed by atoms with Crippen LogP contribution in [0.15, 0.2) is 24.3 Å². The molecule has 0 unspecified atom stereocenters. The molecule has 0 saturated heterocycles. The molecule has 0 atom stereocenters. The molecule has 0 bridgehead atoms. The van der Waals surface area contributed by atoms with Crippen molar-refractivity contribution in [1.29, 1.82) is 0 Å². The third kappa shape index (κ3) is 3.61. The third-order valence-electron chi connectivity index (χ3n) is 3.30. The molecule has 0 spiro atoms. The normalized spacial score (nSPS) is 21.4. The quantitative estimate of drug-likeness (QED) is 0.856. The van der Waals surface area contributed by atoms with Crippen molar-refractivity contribution in [1.82, 2.24) is 5.32 Å². The second-order valence-electron chi connectivity index (χ2n) is 4.75. The van der Waals surface area contributed by atoms with Gasteiger partial charge in [0.15, 0.2) is 0 Å². The lowest BCUT2D eigenvalue weighted by Crippen LogP contribution is -2.38. The summed E-state index contributed by atoms with van der Waals surface area (Å²) in [7, 11) is 3.50. The molecule has 0 aliphatic heterocycles. The molecule has 1 amide bonds. The van der Waals surface area contributed by atoms with Crippen molar-refractivity contribution in [2.45, 2.75) is 18.9 Å². The first kappa shape index (κ1) is 13.7. The lowest BCUT2D eigenvalue weighted by atomic mass is 9.82. The molecule has 1 saturated carbocycles. The molecular weight excluding hydrogens is 244 g/mol. The number of nitrogens with one attached hydrogen (secondary N) is 2. The van der Waals surface area contributed by atoms with Gasteiger partial charge in [0, 0.05) is 0 Å². The first-order valence-corrected chi connectivity index (χ1v) is 6.48. The molecule has 104 valence electrons. The fraction of sp³-hybridized carbons (Fsp3) is 0.500. The van der Waals surface area contributed by atoms with Gasteiger partial charge in [0.1, 0.15) is 11.9 Å². The summed E-state index contributed by atoms with van der Waals surface area (Å²) in [6, 6.07) is 7.26. The van der Waals surface area contributed by atoms with E-state index in [1.54, 1.807) is 19.2 Å². The Balaban J connectivity index is 1.79. The van der Waals surface area contributed by atoms with E-state index in [0.29, 0.717) is 17.4 Å². The highest BCUT2D eigenvalue weighted by atomic mass is 16.6. The Bertz CT molecular complexity index is 430. The Morgan fingerprint density at radius 3 is 2.79 bits per heavy atom. The van der Waals surface area contributed by atoms with Gasteiger partial charge in [0.2, 0.25) is 0 Å². The van der Waals surface area contributed by atoms with Crippen molar-refractivity contribution in [3.05, 3.63) is 24.3 Å². The highest BCUT2D eigenvalue weighted by molar-refractivity contribution is 5.86. The number of carbonyl (C=O) groups excluding carboxylic acids is 1. The average Bonchev–Trinajstić information content (AvgIpc) is 2.37. The molecule has 19 heavy (non-hydrogen) atoms. The third-order valence-corrected chi connectivity index (χ3v) is 3.30. The number of methoxy groups -OCH3 is 1. The van der Waals surface area contributed by atoms with Gasteiger partial charge in [-0.1, -0.05) is 12.1 Å². The van der Waals surface area contributed by atoms with E-state index in [1.807, 2.05) is 19.2 Å². The van der Waals surface area contributed by atoms with Gasteiger partial charge in [-0.05, 0) is 44.5 Å². The van der Waals surface area contributed by atoms with Gasteiger partial charge in [-0.3, -0.25) is 5.32 Å². The first-order chi connectivity index (χ1) is 9.22. The van der Waals surface area contributed by atoms with Gasteiger partial charge in [-0.25, -0.2) is 4.79 Å². The van der Waals surface area contributed by atoms with Crippen LogP contribution in [0.4, 0.5) is 10.5 Å². The Morgan fingerprint density at radius 1 is 1.37 bits per heavy atom. The van der Waals surface area contributed by atoms with Crippen molar-refractivity contribution in [3.63, 3.8) is 0 Å². The van der Waals surface area contributed by atoms with E-state index in [4.69, 9.17) is 9.47 Å². The molecule has 1 aromatic carbocycles. The standard InChI is InChI=1S/C14H20N2O3/c1-15-9-10-7-11(8-10)19-14(17)16-12-5-3-4-6-13(12)18-2/h3-6,10-11,15H,7-9H2,1-2H3,(H,16,17). The zero-order chi connectivity index (χ0) is 13.7. The summed E-state index contributed by atoms with van der Waals surface area (Å²) in [4.78, 5) is 11.7. The Morgan fingerprint density at radius 2 is 2.11 bits per heavy atom. The molecule has 1 aliphatic rings. The summed E-state index contributed by atoms with van der Waals surface area (Å²) in [6.45, 7) is 0.980. The minimum Gasteiger partial charge on any atom is -0.495 e. The van der Waals surface area contributed by atoms with Crippen molar-refractivity contribution >= 4 is 11.8 Å². The number of hydrogen-bond donors (Lipinski definition) is 2. The van der Waals surface area contributed by atoms with Crippen molar-refractivity contribution in [3.8, 4) is 5.75 Å². The second-order valence-corrected chi connectivity index (χ2v) is 4.75. The van der Waals surface area contributed by atoms with E-state index in [9.17, 15) is 4.79 Å². The number of ether oxygens (including phenoxy) is 2. The molecule has 2 N–H and O–H groups in total. The van der Waals surface area contributed by atoms with Crippen LogP contribution in [0.3, 0.4) is 0 Å². The zero-order valence-corrected chi connectivity index (χ0v) is 11.3. The predicted molar refractivity (Wildman–Crippen MR) is 73.5 cm³/mol. The highest BCUT2D eigenvalue weighted by Gasteiger charge is 2.31. The van der Waals surface area contributed by atoms with Crippen molar-refractivity contribution in [2.75, 3.05) is 26.0 Å². The predicted octanol–water partition coefficient (Wildman–Crippen LogP) is 2.24. The highest BCUT2D eigenvalue weighted by Crippen LogP contribution is 2.30. The molecule has 1 aliphatic carbocycles. The number of amides is 1. The fourth-order valence-corrected chi connectivity index (χ4v) is 2.26. The molecular formula is C14H20N2O3. The SMILES string of the molecule is CNCC1CC(OC(=O)Nc2ccccc2OC)C1. The van der Waals surface area contributed by atoms with Gasteiger partial charge >= 0.3 is 6.09 Å². The molecule has 1 aromatic rings. The van der Waals surface area contributed by atoms with Crippen LogP contribution in [0, 0.1) is 5.92 Å². The van der Waals surface area contributed by atoms with Crippen LogP contribution >= 0.6 is 0 Å². The molecule has 5 nitrogen and oxygen atoms in total. The van der Waals surface area contributed by atoms with Gasteiger partial charge in [0.25, 0.3) is 0 Å². The topological polar surface area (TPSA) is 59.6 Å².